The molecule has 1 aromatic heterocycles. The summed E-state index contributed by atoms with van der Waals surface area (Å²) in [4.78, 5) is 40.8. The van der Waals surface area contributed by atoms with E-state index in [9.17, 15) is 19.7 Å². The lowest BCUT2D eigenvalue weighted by atomic mass is 9.96. The van der Waals surface area contributed by atoms with Crippen LogP contribution >= 0.6 is 0 Å². The zero-order valence-electron chi connectivity index (χ0n) is 14.5. The van der Waals surface area contributed by atoms with Crippen molar-refractivity contribution in [2.45, 2.75) is 12.8 Å². The van der Waals surface area contributed by atoms with E-state index < -0.39 is 11.0 Å². The number of hydrogen-bond donors (Lipinski definition) is 2. The van der Waals surface area contributed by atoms with E-state index in [0.717, 1.165) is 0 Å². The Balaban J connectivity index is 1.54. The first-order valence-corrected chi connectivity index (χ1v) is 8.56. The van der Waals surface area contributed by atoms with Crippen LogP contribution in [-0.2, 0) is 4.79 Å². The molecular weight excluding hydrogens is 350 g/mol. The monoisotopic (exact) mass is 369 g/mol. The van der Waals surface area contributed by atoms with Gasteiger partial charge in [0.2, 0.25) is 11.7 Å². The van der Waals surface area contributed by atoms with Crippen LogP contribution in [-0.4, -0.2) is 34.9 Å². The molecule has 0 atom stereocenters. The molecule has 3 rings (SSSR count). The summed E-state index contributed by atoms with van der Waals surface area (Å²) in [5.74, 6) is -0.368. The van der Waals surface area contributed by atoms with Crippen LogP contribution in [0.1, 0.15) is 12.8 Å². The van der Waals surface area contributed by atoms with Crippen molar-refractivity contribution in [2.75, 3.05) is 23.3 Å². The Labute approximate surface area is 155 Å². The molecule has 9 heteroatoms. The molecule has 1 aliphatic rings. The summed E-state index contributed by atoms with van der Waals surface area (Å²) in [5.41, 5.74) is 0.544. The highest BCUT2D eigenvalue weighted by molar-refractivity contribution is 6.01. The Morgan fingerprint density at radius 2 is 1.81 bits per heavy atom. The number of benzene rings is 1. The second-order valence-corrected chi connectivity index (χ2v) is 6.17. The lowest BCUT2D eigenvalue weighted by molar-refractivity contribution is -0.384. The maximum absolute atomic E-state index is 12.3. The Morgan fingerprint density at radius 3 is 2.48 bits per heavy atom. The van der Waals surface area contributed by atoms with Crippen LogP contribution in [0.15, 0.2) is 48.7 Å². The van der Waals surface area contributed by atoms with Gasteiger partial charge in [0, 0.05) is 37.0 Å². The Hall–Kier alpha value is -3.49. The van der Waals surface area contributed by atoms with Gasteiger partial charge in [-0.2, -0.15) is 0 Å². The molecule has 2 heterocycles. The summed E-state index contributed by atoms with van der Waals surface area (Å²) in [6.07, 6.45) is 2.48. The van der Waals surface area contributed by atoms with Gasteiger partial charge in [-0.3, -0.25) is 20.2 Å². The number of urea groups is 1. The van der Waals surface area contributed by atoms with Gasteiger partial charge in [0.15, 0.2) is 0 Å². The standard InChI is InChI=1S/C18H19N5O4/c24-17(21-18(25)20-14-5-2-1-3-6-14)13-8-11-22(12-9-13)16-15(23(26)27)7-4-10-19-16/h1-7,10,13H,8-9,11-12H2,(H2,20,21,24,25). The summed E-state index contributed by atoms with van der Waals surface area (Å²) in [6.45, 7) is 0.909. The van der Waals surface area contributed by atoms with Crippen molar-refractivity contribution in [1.82, 2.24) is 10.3 Å². The van der Waals surface area contributed by atoms with Crippen molar-refractivity contribution in [2.24, 2.45) is 5.92 Å². The van der Waals surface area contributed by atoms with Crippen molar-refractivity contribution < 1.29 is 14.5 Å². The largest absolute Gasteiger partial charge is 0.351 e. The van der Waals surface area contributed by atoms with Crippen LogP contribution in [0.4, 0.5) is 22.0 Å². The first kappa shape index (κ1) is 18.3. The van der Waals surface area contributed by atoms with Gasteiger partial charge < -0.3 is 10.2 Å². The van der Waals surface area contributed by atoms with E-state index in [-0.39, 0.29) is 17.5 Å². The minimum atomic E-state index is -0.575. The summed E-state index contributed by atoms with van der Waals surface area (Å²) >= 11 is 0. The van der Waals surface area contributed by atoms with Crippen LogP contribution in [0.3, 0.4) is 0 Å². The van der Waals surface area contributed by atoms with Gasteiger partial charge in [0.1, 0.15) is 0 Å². The van der Waals surface area contributed by atoms with Gasteiger partial charge in [0.25, 0.3) is 0 Å². The minimum Gasteiger partial charge on any atom is -0.351 e. The SMILES string of the molecule is O=C(NC(=O)C1CCN(c2ncccc2[N+](=O)[O-])CC1)Nc1ccccc1. The molecule has 1 fully saturated rings. The normalized spacial score (nSPS) is 14.4. The van der Waals surface area contributed by atoms with Crippen molar-refractivity contribution in [3.05, 3.63) is 58.8 Å². The third-order valence-electron chi connectivity index (χ3n) is 4.40. The van der Waals surface area contributed by atoms with Crippen molar-refractivity contribution in [1.29, 1.82) is 0 Å². The number of rotatable bonds is 4. The first-order chi connectivity index (χ1) is 13.0. The number of piperidine rings is 1. The summed E-state index contributed by atoms with van der Waals surface area (Å²) < 4.78 is 0. The molecule has 27 heavy (non-hydrogen) atoms. The number of hydrogen-bond acceptors (Lipinski definition) is 6. The van der Waals surface area contributed by atoms with Crippen LogP contribution < -0.4 is 15.5 Å². The van der Waals surface area contributed by atoms with E-state index >= 15 is 0 Å². The van der Waals surface area contributed by atoms with Crippen molar-refractivity contribution >= 4 is 29.1 Å². The number of anilines is 2. The predicted octanol–water partition coefficient (Wildman–Crippen LogP) is 2.55. The van der Waals surface area contributed by atoms with Crippen LogP contribution in [0, 0.1) is 16.0 Å². The highest BCUT2D eigenvalue weighted by atomic mass is 16.6. The molecule has 1 aliphatic heterocycles. The van der Waals surface area contributed by atoms with E-state index in [1.54, 1.807) is 29.2 Å². The average Bonchev–Trinajstić information content (AvgIpc) is 2.68. The number of nitrogens with one attached hydrogen (secondary N) is 2. The summed E-state index contributed by atoms with van der Waals surface area (Å²) in [7, 11) is 0. The highest BCUT2D eigenvalue weighted by Gasteiger charge is 2.29. The number of nitrogens with zero attached hydrogens (tertiary/aromatic N) is 3. The molecule has 3 amide bonds. The molecule has 0 saturated carbocycles. The van der Waals surface area contributed by atoms with Crippen molar-refractivity contribution in [3.8, 4) is 0 Å². The lowest BCUT2D eigenvalue weighted by Crippen LogP contribution is -2.44. The maximum atomic E-state index is 12.3. The molecular formula is C18H19N5O4. The molecule has 2 N–H and O–H groups in total. The smallest absolute Gasteiger partial charge is 0.325 e. The summed E-state index contributed by atoms with van der Waals surface area (Å²) in [5, 5.41) is 16.1. The average molecular weight is 369 g/mol. The van der Waals surface area contributed by atoms with E-state index in [1.165, 1.54) is 18.3 Å². The molecule has 1 saturated heterocycles. The number of imide groups is 1. The van der Waals surface area contributed by atoms with Crippen molar-refractivity contribution in [3.63, 3.8) is 0 Å². The van der Waals surface area contributed by atoms with Gasteiger partial charge in [0.05, 0.1) is 4.92 Å². The Bertz CT molecular complexity index is 835. The quantitative estimate of drug-likeness (QED) is 0.632. The second-order valence-electron chi connectivity index (χ2n) is 6.17. The van der Waals surface area contributed by atoms with E-state index in [4.69, 9.17) is 0 Å². The first-order valence-electron chi connectivity index (χ1n) is 8.56. The van der Waals surface area contributed by atoms with E-state index in [0.29, 0.717) is 37.4 Å². The second kappa shape index (κ2) is 8.26. The number of nitro groups is 1. The number of carbonyl (C=O) groups is 2. The fourth-order valence-electron chi connectivity index (χ4n) is 3.03. The van der Waals surface area contributed by atoms with Gasteiger partial charge in [-0.15, -0.1) is 0 Å². The Kier molecular flexibility index (Phi) is 5.60. The third-order valence-corrected chi connectivity index (χ3v) is 4.40. The van der Waals surface area contributed by atoms with Crippen LogP contribution in [0.25, 0.3) is 0 Å². The summed E-state index contributed by atoms with van der Waals surface area (Å²) in [6, 6.07) is 11.2. The molecule has 1 aromatic carbocycles. The maximum Gasteiger partial charge on any atom is 0.325 e. The number of carbonyl (C=O) groups excluding carboxylic acids is 2. The minimum absolute atomic E-state index is 0.0531. The zero-order chi connectivity index (χ0) is 19.2. The van der Waals surface area contributed by atoms with Gasteiger partial charge >= 0.3 is 11.7 Å². The third kappa shape index (κ3) is 4.57. The number of pyridine rings is 1. The van der Waals surface area contributed by atoms with Gasteiger partial charge in [-0.1, -0.05) is 18.2 Å². The number of aromatic nitrogens is 1. The molecule has 2 aromatic rings. The van der Waals surface area contributed by atoms with Gasteiger partial charge in [-0.25, -0.2) is 9.78 Å². The molecule has 0 aliphatic carbocycles. The molecule has 0 spiro atoms. The van der Waals surface area contributed by atoms with Gasteiger partial charge in [-0.05, 0) is 31.0 Å². The molecule has 9 nitrogen and oxygen atoms in total. The zero-order valence-corrected chi connectivity index (χ0v) is 14.5. The predicted molar refractivity (Wildman–Crippen MR) is 99.4 cm³/mol. The lowest BCUT2D eigenvalue weighted by Gasteiger charge is -2.31. The number of amides is 3. The fourth-order valence-corrected chi connectivity index (χ4v) is 3.03. The number of para-hydroxylation sites is 1. The molecule has 0 bridgehead atoms. The Morgan fingerprint density at radius 1 is 1.11 bits per heavy atom. The van der Waals surface area contributed by atoms with Crippen LogP contribution in [0.2, 0.25) is 0 Å². The molecule has 140 valence electrons. The highest BCUT2D eigenvalue weighted by Crippen LogP contribution is 2.29. The fraction of sp³-hybridized carbons (Fsp3) is 0.278. The van der Waals surface area contributed by atoms with Crippen LogP contribution in [0.5, 0.6) is 0 Å². The topological polar surface area (TPSA) is 117 Å². The molecule has 0 unspecified atom stereocenters. The van der Waals surface area contributed by atoms with E-state index in [2.05, 4.69) is 15.6 Å². The molecule has 0 radical (unpaired) electrons. The van der Waals surface area contributed by atoms with E-state index in [1.807, 2.05) is 6.07 Å².